The van der Waals surface area contributed by atoms with Gasteiger partial charge in [0, 0.05) is 5.92 Å². The van der Waals surface area contributed by atoms with E-state index in [2.05, 4.69) is 13.0 Å². The van der Waals surface area contributed by atoms with Crippen LogP contribution in [0.15, 0.2) is 11.6 Å². The molecule has 0 amide bonds. The van der Waals surface area contributed by atoms with Gasteiger partial charge in [-0.2, -0.15) is 0 Å². The Morgan fingerprint density at radius 2 is 2.50 bits per heavy atom. The lowest BCUT2D eigenvalue weighted by Crippen LogP contribution is -2.03. The highest BCUT2D eigenvalue weighted by Gasteiger charge is 2.17. The highest BCUT2D eigenvalue weighted by Crippen LogP contribution is 2.26. The molecule has 1 aliphatic rings. The van der Waals surface area contributed by atoms with Crippen molar-refractivity contribution in [1.29, 1.82) is 0 Å². The molecular weight excluding hydrogens is 124 g/mol. The molecule has 0 bridgehead atoms. The summed E-state index contributed by atoms with van der Waals surface area (Å²) in [6.07, 6.45) is 5.45. The smallest absolute Gasteiger partial charge is 0.136 e. The Morgan fingerprint density at radius 3 is 2.80 bits per heavy atom. The van der Waals surface area contributed by atoms with Crippen LogP contribution in [0.3, 0.4) is 0 Å². The molecule has 1 atom stereocenters. The standard InChI is InChI=1S/C9H14O/c1-3-8-4-5-9(6-8)7(2)10/h6,9H,3-5H2,1-2H3. The van der Waals surface area contributed by atoms with Gasteiger partial charge in [-0.05, 0) is 26.2 Å². The van der Waals surface area contributed by atoms with E-state index in [0.717, 1.165) is 19.3 Å². The van der Waals surface area contributed by atoms with Crippen molar-refractivity contribution < 1.29 is 4.79 Å². The van der Waals surface area contributed by atoms with Gasteiger partial charge >= 0.3 is 0 Å². The third-order valence-corrected chi connectivity index (χ3v) is 2.19. The number of hydrogen-bond donors (Lipinski definition) is 0. The van der Waals surface area contributed by atoms with Gasteiger partial charge in [-0.15, -0.1) is 0 Å². The minimum atomic E-state index is 0.245. The maximum absolute atomic E-state index is 10.9. The van der Waals surface area contributed by atoms with Crippen LogP contribution in [0.2, 0.25) is 0 Å². The lowest BCUT2D eigenvalue weighted by molar-refractivity contribution is -0.119. The number of Topliss-reactive ketones (excluding diaryl/α,β-unsaturated/α-hetero) is 1. The van der Waals surface area contributed by atoms with Crippen LogP contribution in [-0.4, -0.2) is 5.78 Å². The Kier molecular flexibility index (Phi) is 2.25. The zero-order valence-corrected chi connectivity index (χ0v) is 6.68. The first-order valence-corrected chi connectivity index (χ1v) is 3.94. The first-order valence-electron chi connectivity index (χ1n) is 3.94. The fraction of sp³-hybridized carbons (Fsp3) is 0.667. The van der Waals surface area contributed by atoms with Crippen molar-refractivity contribution in [2.45, 2.75) is 33.1 Å². The van der Waals surface area contributed by atoms with E-state index in [1.54, 1.807) is 6.92 Å². The van der Waals surface area contributed by atoms with E-state index in [9.17, 15) is 4.79 Å². The molecule has 1 heteroatoms. The van der Waals surface area contributed by atoms with E-state index in [0.29, 0.717) is 5.78 Å². The number of allylic oxidation sites excluding steroid dienone is 2. The molecule has 1 aliphatic carbocycles. The fourth-order valence-corrected chi connectivity index (χ4v) is 1.41. The van der Waals surface area contributed by atoms with Gasteiger partial charge in [-0.3, -0.25) is 4.79 Å². The van der Waals surface area contributed by atoms with Crippen LogP contribution >= 0.6 is 0 Å². The van der Waals surface area contributed by atoms with Gasteiger partial charge in [0.25, 0.3) is 0 Å². The van der Waals surface area contributed by atoms with Gasteiger partial charge in [0.05, 0.1) is 0 Å². The number of ketones is 1. The van der Waals surface area contributed by atoms with Crippen molar-refractivity contribution in [1.82, 2.24) is 0 Å². The Labute approximate surface area is 62.1 Å². The summed E-state index contributed by atoms with van der Waals surface area (Å²) in [5.74, 6) is 0.568. The summed E-state index contributed by atoms with van der Waals surface area (Å²) in [6.45, 7) is 3.83. The third-order valence-electron chi connectivity index (χ3n) is 2.19. The summed E-state index contributed by atoms with van der Waals surface area (Å²) in [5, 5.41) is 0. The molecule has 0 aromatic carbocycles. The lowest BCUT2D eigenvalue weighted by atomic mass is 10.1. The maximum Gasteiger partial charge on any atom is 0.136 e. The summed E-state index contributed by atoms with van der Waals surface area (Å²) in [4.78, 5) is 10.9. The highest BCUT2D eigenvalue weighted by atomic mass is 16.1. The summed E-state index contributed by atoms with van der Waals surface area (Å²) in [6, 6.07) is 0. The van der Waals surface area contributed by atoms with Crippen molar-refractivity contribution in [3.63, 3.8) is 0 Å². The van der Waals surface area contributed by atoms with E-state index in [-0.39, 0.29) is 5.92 Å². The van der Waals surface area contributed by atoms with Crippen LogP contribution in [0.25, 0.3) is 0 Å². The van der Waals surface area contributed by atoms with Gasteiger partial charge in [0.15, 0.2) is 0 Å². The third kappa shape index (κ3) is 1.47. The van der Waals surface area contributed by atoms with Gasteiger partial charge in [-0.1, -0.05) is 18.6 Å². The predicted octanol–water partition coefficient (Wildman–Crippen LogP) is 2.32. The van der Waals surface area contributed by atoms with E-state index < -0.39 is 0 Å². The molecule has 10 heavy (non-hydrogen) atoms. The van der Waals surface area contributed by atoms with Crippen LogP contribution in [0.1, 0.15) is 33.1 Å². The molecule has 0 radical (unpaired) electrons. The second-order valence-corrected chi connectivity index (χ2v) is 2.93. The normalized spacial score (nSPS) is 24.6. The topological polar surface area (TPSA) is 17.1 Å². The van der Waals surface area contributed by atoms with Crippen LogP contribution in [-0.2, 0) is 4.79 Å². The average molecular weight is 138 g/mol. The van der Waals surface area contributed by atoms with E-state index in [4.69, 9.17) is 0 Å². The van der Waals surface area contributed by atoms with E-state index >= 15 is 0 Å². The largest absolute Gasteiger partial charge is 0.299 e. The molecule has 1 nitrogen and oxygen atoms in total. The quantitative estimate of drug-likeness (QED) is 0.535. The Hall–Kier alpha value is -0.590. The molecule has 1 unspecified atom stereocenters. The molecule has 56 valence electrons. The predicted molar refractivity (Wildman–Crippen MR) is 41.8 cm³/mol. The molecule has 0 spiro atoms. The Balaban J connectivity index is 2.55. The van der Waals surface area contributed by atoms with Crippen LogP contribution in [0, 0.1) is 5.92 Å². The molecular formula is C9H14O. The molecule has 0 heterocycles. The summed E-state index contributed by atoms with van der Waals surface area (Å²) in [7, 11) is 0. The van der Waals surface area contributed by atoms with E-state index in [1.165, 1.54) is 5.57 Å². The maximum atomic E-state index is 10.9. The average Bonchev–Trinajstić information content (AvgIpc) is 2.34. The monoisotopic (exact) mass is 138 g/mol. The molecule has 0 saturated carbocycles. The van der Waals surface area contributed by atoms with Crippen LogP contribution < -0.4 is 0 Å². The van der Waals surface area contributed by atoms with Gasteiger partial charge < -0.3 is 0 Å². The summed E-state index contributed by atoms with van der Waals surface area (Å²) >= 11 is 0. The minimum absolute atomic E-state index is 0.245. The summed E-state index contributed by atoms with van der Waals surface area (Å²) in [5.41, 5.74) is 1.46. The van der Waals surface area contributed by atoms with Crippen molar-refractivity contribution >= 4 is 5.78 Å². The number of rotatable bonds is 2. The van der Waals surface area contributed by atoms with Gasteiger partial charge in [-0.25, -0.2) is 0 Å². The second kappa shape index (κ2) is 3.00. The van der Waals surface area contributed by atoms with Gasteiger partial charge in [0.1, 0.15) is 5.78 Å². The summed E-state index contributed by atoms with van der Waals surface area (Å²) < 4.78 is 0. The van der Waals surface area contributed by atoms with Crippen molar-refractivity contribution in [2.75, 3.05) is 0 Å². The Bertz CT molecular complexity index is 168. The SMILES string of the molecule is CCC1=CC(C(C)=O)CC1. The van der Waals surface area contributed by atoms with Crippen molar-refractivity contribution in [2.24, 2.45) is 5.92 Å². The first kappa shape index (κ1) is 7.52. The van der Waals surface area contributed by atoms with Crippen molar-refractivity contribution in [3.05, 3.63) is 11.6 Å². The van der Waals surface area contributed by atoms with Crippen molar-refractivity contribution in [3.8, 4) is 0 Å². The molecule has 0 aliphatic heterocycles. The zero-order chi connectivity index (χ0) is 7.56. The zero-order valence-electron chi connectivity index (χ0n) is 6.68. The lowest BCUT2D eigenvalue weighted by Gasteiger charge is -1.97. The number of carbonyl (C=O) groups is 1. The first-order chi connectivity index (χ1) is 4.74. The highest BCUT2D eigenvalue weighted by molar-refractivity contribution is 5.80. The number of carbonyl (C=O) groups excluding carboxylic acids is 1. The molecule has 0 aromatic heterocycles. The van der Waals surface area contributed by atoms with Crippen LogP contribution in [0.4, 0.5) is 0 Å². The minimum Gasteiger partial charge on any atom is -0.299 e. The van der Waals surface area contributed by atoms with Gasteiger partial charge in [0.2, 0.25) is 0 Å². The number of hydrogen-bond acceptors (Lipinski definition) is 1. The molecule has 1 rings (SSSR count). The molecule has 0 N–H and O–H groups in total. The molecule has 0 aromatic rings. The fourth-order valence-electron chi connectivity index (χ4n) is 1.41. The molecule has 0 saturated heterocycles. The molecule has 0 fully saturated rings. The van der Waals surface area contributed by atoms with E-state index in [1.807, 2.05) is 0 Å². The second-order valence-electron chi connectivity index (χ2n) is 2.93. The Morgan fingerprint density at radius 1 is 1.80 bits per heavy atom. The van der Waals surface area contributed by atoms with Crippen LogP contribution in [0.5, 0.6) is 0 Å².